The van der Waals surface area contributed by atoms with Crippen molar-refractivity contribution in [2.24, 2.45) is 5.92 Å². The Morgan fingerprint density at radius 1 is 1.23 bits per heavy atom. The minimum atomic E-state index is -0.646. The first-order chi connectivity index (χ1) is 14.3. The van der Waals surface area contributed by atoms with Gasteiger partial charge in [0, 0.05) is 38.3 Å². The van der Waals surface area contributed by atoms with Gasteiger partial charge in [0.2, 0.25) is 5.91 Å². The molecule has 158 valence electrons. The fourth-order valence-electron chi connectivity index (χ4n) is 3.63. The number of amides is 1. The van der Waals surface area contributed by atoms with Crippen LogP contribution >= 0.6 is 11.6 Å². The number of aromatic nitrogens is 1. The number of anilines is 2. The molecule has 0 aliphatic carbocycles. The van der Waals surface area contributed by atoms with Crippen LogP contribution in [0.25, 0.3) is 5.69 Å². The first-order valence-electron chi connectivity index (χ1n) is 9.62. The van der Waals surface area contributed by atoms with E-state index in [1.54, 1.807) is 22.8 Å². The lowest BCUT2D eigenvalue weighted by atomic mass is 10.1. The number of carbonyl (C=O) groups is 2. The zero-order valence-electron chi connectivity index (χ0n) is 17.2. The highest BCUT2D eigenvalue weighted by Crippen LogP contribution is 2.36. The number of nitrogen functional groups attached to an aromatic ring is 1. The summed E-state index contributed by atoms with van der Waals surface area (Å²) in [6, 6.07) is 7.34. The van der Waals surface area contributed by atoms with Crippen LogP contribution < -0.4 is 10.6 Å². The lowest BCUT2D eigenvalue weighted by Gasteiger charge is -2.38. The van der Waals surface area contributed by atoms with E-state index in [1.165, 1.54) is 13.3 Å². The largest absolute Gasteiger partial charge is 0.464 e. The molecule has 0 atom stereocenters. The quantitative estimate of drug-likeness (QED) is 0.749. The summed E-state index contributed by atoms with van der Waals surface area (Å²) in [6.07, 6.45) is 1.51. The molecule has 30 heavy (non-hydrogen) atoms. The molecule has 0 radical (unpaired) electrons. The number of piperazine rings is 1. The SMILES string of the molecule is COC(=O)c1c(N)c(C#N)cn1-c1cccc(Cl)c1N1CCN(C(=O)C(C)C)CC1. The molecule has 1 saturated heterocycles. The average molecular weight is 430 g/mol. The number of halogens is 1. The third-order valence-corrected chi connectivity index (χ3v) is 5.48. The molecule has 0 spiro atoms. The Kier molecular flexibility index (Phi) is 6.22. The second-order valence-electron chi connectivity index (χ2n) is 7.35. The zero-order chi connectivity index (χ0) is 22.0. The Morgan fingerprint density at radius 2 is 1.90 bits per heavy atom. The van der Waals surface area contributed by atoms with Gasteiger partial charge >= 0.3 is 5.97 Å². The number of nitrogens with zero attached hydrogens (tertiary/aromatic N) is 4. The van der Waals surface area contributed by atoms with Crippen LogP contribution in [-0.4, -0.2) is 54.6 Å². The van der Waals surface area contributed by atoms with E-state index in [9.17, 15) is 14.9 Å². The third kappa shape index (κ3) is 3.81. The number of rotatable bonds is 4. The maximum absolute atomic E-state index is 12.4. The van der Waals surface area contributed by atoms with Crippen molar-refractivity contribution in [1.29, 1.82) is 5.26 Å². The van der Waals surface area contributed by atoms with Crippen molar-refractivity contribution in [3.8, 4) is 11.8 Å². The fourth-order valence-corrected chi connectivity index (χ4v) is 3.92. The number of hydrogen-bond acceptors (Lipinski definition) is 6. The van der Waals surface area contributed by atoms with E-state index in [2.05, 4.69) is 4.90 Å². The smallest absolute Gasteiger partial charge is 0.357 e. The normalized spacial score (nSPS) is 14.0. The topological polar surface area (TPSA) is 105 Å². The molecule has 0 bridgehead atoms. The van der Waals surface area contributed by atoms with E-state index in [1.807, 2.05) is 24.8 Å². The Bertz CT molecular complexity index is 1020. The van der Waals surface area contributed by atoms with E-state index in [0.717, 1.165) is 0 Å². The van der Waals surface area contributed by atoms with Gasteiger partial charge in [-0.1, -0.05) is 31.5 Å². The molecule has 3 rings (SSSR count). The molecule has 2 aromatic rings. The second kappa shape index (κ2) is 8.67. The number of benzene rings is 1. The molecular formula is C21H24ClN5O3. The van der Waals surface area contributed by atoms with Gasteiger partial charge in [-0.3, -0.25) is 4.79 Å². The number of hydrogen-bond donors (Lipinski definition) is 1. The highest BCUT2D eigenvalue weighted by Gasteiger charge is 2.28. The lowest BCUT2D eigenvalue weighted by molar-refractivity contribution is -0.134. The standard InChI is InChI=1S/C21H24ClN5O3/c1-13(2)20(28)26-9-7-25(8-10-26)18-15(22)5-4-6-16(18)27-12-14(11-23)17(24)19(27)21(29)30-3/h4-6,12-13H,7-10,24H2,1-3H3. The van der Waals surface area contributed by atoms with Crippen LogP contribution in [0, 0.1) is 17.2 Å². The van der Waals surface area contributed by atoms with Gasteiger partial charge in [0.05, 0.1) is 34.8 Å². The van der Waals surface area contributed by atoms with E-state index in [-0.39, 0.29) is 28.8 Å². The van der Waals surface area contributed by atoms with Crippen LogP contribution in [0.4, 0.5) is 11.4 Å². The summed E-state index contributed by atoms with van der Waals surface area (Å²) in [4.78, 5) is 28.6. The van der Waals surface area contributed by atoms with Crippen molar-refractivity contribution in [2.75, 3.05) is 43.9 Å². The molecule has 1 aromatic heterocycles. The van der Waals surface area contributed by atoms with Crippen LogP contribution in [0.5, 0.6) is 0 Å². The molecular weight excluding hydrogens is 406 g/mol. The summed E-state index contributed by atoms with van der Waals surface area (Å²) in [6.45, 7) is 6.09. The Hall–Kier alpha value is -3.18. The van der Waals surface area contributed by atoms with Gasteiger partial charge in [-0.15, -0.1) is 0 Å². The summed E-state index contributed by atoms with van der Waals surface area (Å²) < 4.78 is 6.42. The Balaban J connectivity index is 2.03. The second-order valence-corrected chi connectivity index (χ2v) is 7.76. The third-order valence-electron chi connectivity index (χ3n) is 5.17. The van der Waals surface area contributed by atoms with Crippen LogP contribution in [0.1, 0.15) is 29.9 Å². The molecule has 1 aliphatic rings. The van der Waals surface area contributed by atoms with Crippen molar-refractivity contribution in [3.05, 3.63) is 40.7 Å². The Morgan fingerprint density at radius 3 is 2.47 bits per heavy atom. The molecule has 1 aromatic carbocycles. The van der Waals surface area contributed by atoms with Crippen LogP contribution in [0.15, 0.2) is 24.4 Å². The van der Waals surface area contributed by atoms with E-state index in [0.29, 0.717) is 42.6 Å². The van der Waals surface area contributed by atoms with E-state index in [4.69, 9.17) is 22.1 Å². The summed E-state index contributed by atoms with van der Waals surface area (Å²) in [5, 5.41) is 9.88. The van der Waals surface area contributed by atoms with Gasteiger partial charge in [0.25, 0.3) is 0 Å². The maximum atomic E-state index is 12.4. The minimum Gasteiger partial charge on any atom is -0.464 e. The van der Waals surface area contributed by atoms with Crippen molar-refractivity contribution < 1.29 is 14.3 Å². The fraction of sp³-hybridized carbons (Fsp3) is 0.381. The zero-order valence-corrected chi connectivity index (χ0v) is 17.9. The summed E-state index contributed by atoms with van der Waals surface area (Å²) in [7, 11) is 1.26. The maximum Gasteiger partial charge on any atom is 0.357 e. The summed E-state index contributed by atoms with van der Waals surface area (Å²) in [5.74, 6) is -0.576. The monoisotopic (exact) mass is 429 g/mol. The predicted molar refractivity (Wildman–Crippen MR) is 115 cm³/mol. The molecule has 0 unspecified atom stereocenters. The highest BCUT2D eigenvalue weighted by atomic mass is 35.5. The average Bonchev–Trinajstić information content (AvgIpc) is 3.08. The van der Waals surface area contributed by atoms with Crippen molar-refractivity contribution in [3.63, 3.8) is 0 Å². The number of methoxy groups -OCH3 is 1. The van der Waals surface area contributed by atoms with Gasteiger partial charge in [-0.25, -0.2) is 4.79 Å². The first kappa shape index (κ1) is 21.5. The molecule has 1 aliphatic heterocycles. The molecule has 2 N–H and O–H groups in total. The minimum absolute atomic E-state index is 0.0534. The summed E-state index contributed by atoms with van der Waals surface area (Å²) >= 11 is 6.56. The van der Waals surface area contributed by atoms with Crippen molar-refractivity contribution in [1.82, 2.24) is 9.47 Å². The predicted octanol–water partition coefficient (Wildman–Crippen LogP) is 2.68. The van der Waals surface area contributed by atoms with Crippen LogP contribution in [0.3, 0.4) is 0 Å². The number of para-hydroxylation sites is 1. The van der Waals surface area contributed by atoms with Gasteiger partial charge in [0.15, 0.2) is 5.69 Å². The molecule has 9 heteroatoms. The number of esters is 1. The van der Waals surface area contributed by atoms with Gasteiger partial charge < -0.3 is 24.8 Å². The van der Waals surface area contributed by atoms with Crippen molar-refractivity contribution in [2.45, 2.75) is 13.8 Å². The van der Waals surface area contributed by atoms with E-state index < -0.39 is 5.97 Å². The lowest BCUT2D eigenvalue weighted by Crippen LogP contribution is -2.50. The molecule has 1 fully saturated rings. The number of carbonyl (C=O) groups excluding carboxylic acids is 2. The summed E-state index contributed by atoms with van der Waals surface area (Å²) in [5.41, 5.74) is 7.67. The highest BCUT2D eigenvalue weighted by molar-refractivity contribution is 6.33. The van der Waals surface area contributed by atoms with Crippen LogP contribution in [-0.2, 0) is 9.53 Å². The molecule has 8 nitrogen and oxygen atoms in total. The van der Waals surface area contributed by atoms with Gasteiger partial charge in [0.1, 0.15) is 6.07 Å². The van der Waals surface area contributed by atoms with Gasteiger partial charge in [-0.05, 0) is 12.1 Å². The van der Waals surface area contributed by atoms with Gasteiger partial charge in [-0.2, -0.15) is 5.26 Å². The van der Waals surface area contributed by atoms with E-state index >= 15 is 0 Å². The molecule has 1 amide bonds. The number of nitriles is 1. The number of nitrogens with two attached hydrogens (primary N) is 1. The first-order valence-corrected chi connectivity index (χ1v) is 9.99. The van der Waals surface area contributed by atoms with Crippen LogP contribution in [0.2, 0.25) is 5.02 Å². The number of ether oxygens (including phenoxy) is 1. The molecule has 0 saturated carbocycles. The molecule has 2 heterocycles. The van der Waals surface area contributed by atoms with Crippen molar-refractivity contribution >= 4 is 34.9 Å². The Labute approximate surface area is 180 Å².